The van der Waals surface area contributed by atoms with Gasteiger partial charge in [0.05, 0.1) is 0 Å². The minimum Gasteiger partial charge on any atom is -0.491 e. The maximum absolute atomic E-state index is 11.9. The van der Waals surface area contributed by atoms with Crippen molar-refractivity contribution in [1.82, 2.24) is 0 Å². The minimum absolute atomic E-state index is 0.229. The molecule has 0 radical (unpaired) electrons. The Bertz CT molecular complexity index is 309. The molecule has 18 heavy (non-hydrogen) atoms. The van der Waals surface area contributed by atoms with Crippen LogP contribution in [0.3, 0.4) is 0 Å². The first-order chi connectivity index (χ1) is 7.92. The lowest BCUT2D eigenvalue weighted by Crippen LogP contribution is -2.55. The van der Waals surface area contributed by atoms with Crippen molar-refractivity contribution >= 4 is 22.8 Å². The summed E-state index contributed by atoms with van der Waals surface area (Å²) in [6, 6.07) is 0. The third-order valence-electron chi connectivity index (χ3n) is 2.68. The molecule has 0 aromatic carbocycles. The third kappa shape index (κ3) is 4.70. The molecule has 0 aliphatic rings. The van der Waals surface area contributed by atoms with Crippen LogP contribution in [0.1, 0.15) is 34.6 Å². The van der Waals surface area contributed by atoms with Gasteiger partial charge in [-0.1, -0.05) is 34.3 Å². The summed E-state index contributed by atoms with van der Waals surface area (Å²) >= 11 is 0. The zero-order valence-electron chi connectivity index (χ0n) is 13.1. The smallest absolute Gasteiger partial charge is 0.396 e. The van der Waals surface area contributed by atoms with E-state index in [9.17, 15) is 4.79 Å². The van der Waals surface area contributed by atoms with E-state index < -0.39 is 16.9 Å². The van der Waals surface area contributed by atoms with Crippen LogP contribution in [0.4, 0.5) is 0 Å². The molecule has 0 heterocycles. The predicted octanol–water partition coefficient (Wildman–Crippen LogP) is 4.22. The topological polar surface area (TPSA) is 35.5 Å². The van der Waals surface area contributed by atoms with Gasteiger partial charge in [-0.25, -0.2) is 4.79 Å². The van der Waals surface area contributed by atoms with Gasteiger partial charge in [0.1, 0.15) is 0 Å². The summed E-state index contributed by atoms with van der Waals surface area (Å²) in [5, 5.41) is 0. The zero-order valence-corrected chi connectivity index (χ0v) is 15.1. The highest BCUT2D eigenvalue weighted by molar-refractivity contribution is 6.84. The van der Waals surface area contributed by atoms with Crippen molar-refractivity contribution in [3.8, 4) is 0 Å². The van der Waals surface area contributed by atoms with Crippen molar-refractivity contribution in [3.63, 3.8) is 0 Å². The van der Waals surface area contributed by atoms with Crippen LogP contribution in [0.2, 0.25) is 30.7 Å². The third-order valence-corrected chi connectivity index (χ3v) is 10.1. The van der Waals surface area contributed by atoms with E-state index in [2.05, 4.69) is 53.9 Å². The Kier molecular flexibility index (Phi) is 6.03. The molecule has 0 atom stereocenters. The van der Waals surface area contributed by atoms with E-state index in [0.717, 1.165) is 0 Å². The fourth-order valence-corrected chi connectivity index (χ4v) is 10.0. The molecular weight excluding hydrogens is 260 g/mol. The van der Waals surface area contributed by atoms with Gasteiger partial charge in [-0.3, -0.25) is 0 Å². The van der Waals surface area contributed by atoms with Gasteiger partial charge in [-0.2, -0.15) is 0 Å². The molecule has 0 unspecified atom stereocenters. The molecule has 106 valence electrons. The number of hydrogen-bond acceptors (Lipinski definition) is 3. The first kappa shape index (κ1) is 17.6. The lowest BCUT2D eigenvalue weighted by atomic mass is 10.4. The standard InChI is InChI=1S/C13H28O3Si2/c1-10(2)13(14)15-18(11(3)4,12(5)6)16-17(7,8)9/h11-12H,1H2,2-9H3. The van der Waals surface area contributed by atoms with E-state index in [1.165, 1.54) is 0 Å². The Balaban J connectivity index is 5.37. The molecule has 0 rings (SSSR count). The number of rotatable bonds is 6. The maximum Gasteiger partial charge on any atom is 0.396 e. The first-order valence-corrected chi connectivity index (χ1v) is 11.9. The Labute approximate surface area is 114 Å². The normalized spacial score (nSPS) is 13.0. The highest BCUT2D eigenvalue weighted by Crippen LogP contribution is 2.37. The van der Waals surface area contributed by atoms with Crippen LogP contribution in [0.25, 0.3) is 0 Å². The van der Waals surface area contributed by atoms with Gasteiger partial charge in [-0.05, 0) is 26.6 Å². The Morgan fingerprint density at radius 1 is 1.06 bits per heavy atom. The highest BCUT2D eigenvalue weighted by Gasteiger charge is 2.50. The number of carbonyl (C=O) groups excluding carboxylic acids is 1. The first-order valence-electron chi connectivity index (χ1n) is 6.51. The predicted molar refractivity (Wildman–Crippen MR) is 81.3 cm³/mol. The molecule has 3 nitrogen and oxygen atoms in total. The minimum atomic E-state index is -2.56. The lowest BCUT2D eigenvalue weighted by Gasteiger charge is -2.41. The Hall–Kier alpha value is -0.396. The van der Waals surface area contributed by atoms with E-state index in [0.29, 0.717) is 5.57 Å². The second-order valence-corrected chi connectivity index (χ2v) is 15.4. The van der Waals surface area contributed by atoms with Crippen molar-refractivity contribution in [3.05, 3.63) is 12.2 Å². The number of hydrogen-bond donors (Lipinski definition) is 0. The van der Waals surface area contributed by atoms with Gasteiger partial charge >= 0.3 is 14.5 Å². The largest absolute Gasteiger partial charge is 0.491 e. The number of carbonyl (C=O) groups is 1. The van der Waals surface area contributed by atoms with Crippen LogP contribution in [-0.4, -0.2) is 22.8 Å². The average Bonchev–Trinajstić information content (AvgIpc) is 2.13. The summed E-state index contributed by atoms with van der Waals surface area (Å²) in [6.07, 6.45) is 0. The van der Waals surface area contributed by atoms with E-state index in [-0.39, 0.29) is 17.1 Å². The van der Waals surface area contributed by atoms with Crippen LogP contribution in [0.5, 0.6) is 0 Å². The summed E-state index contributed by atoms with van der Waals surface area (Å²) in [6.45, 7) is 20.1. The molecule has 0 N–H and O–H groups in total. The van der Waals surface area contributed by atoms with Gasteiger partial charge in [0.25, 0.3) is 0 Å². The summed E-state index contributed by atoms with van der Waals surface area (Å²) in [4.78, 5) is 11.9. The van der Waals surface area contributed by atoms with Crippen molar-refractivity contribution in [1.29, 1.82) is 0 Å². The molecule has 0 aliphatic carbocycles. The van der Waals surface area contributed by atoms with E-state index in [4.69, 9.17) is 8.54 Å². The molecule has 0 bridgehead atoms. The van der Waals surface area contributed by atoms with Crippen LogP contribution in [-0.2, 0) is 13.3 Å². The van der Waals surface area contributed by atoms with Crippen LogP contribution in [0.15, 0.2) is 12.2 Å². The molecule has 0 aromatic heterocycles. The van der Waals surface area contributed by atoms with Gasteiger partial charge in [0.2, 0.25) is 0 Å². The summed E-state index contributed by atoms with van der Waals surface area (Å²) in [7, 11) is -4.33. The quantitative estimate of drug-likeness (QED) is 0.542. The van der Waals surface area contributed by atoms with Crippen molar-refractivity contribution in [2.45, 2.75) is 65.3 Å². The monoisotopic (exact) mass is 288 g/mol. The fourth-order valence-electron chi connectivity index (χ4n) is 1.87. The molecule has 0 spiro atoms. The second kappa shape index (κ2) is 6.17. The maximum atomic E-state index is 11.9. The van der Waals surface area contributed by atoms with E-state index in [1.807, 2.05) is 0 Å². The SMILES string of the molecule is C=C(C)C(=O)O[Si](O[Si](C)(C)C)(C(C)C)C(C)C. The van der Waals surface area contributed by atoms with Crippen molar-refractivity contribution in [2.24, 2.45) is 0 Å². The summed E-state index contributed by atoms with van der Waals surface area (Å²) in [5.74, 6) is -0.317. The van der Waals surface area contributed by atoms with Gasteiger partial charge < -0.3 is 8.54 Å². The van der Waals surface area contributed by atoms with Gasteiger partial charge in [0.15, 0.2) is 8.32 Å². The van der Waals surface area contributed by atoms with Crippen LogP contribution in [0, 0.1) is 0 Å². The second-order valence-electron chi connectivity index (χ2n) is 6.42. The summed E-state index contributed by atoms with van der Waals surface area (Å²) in [5.41, 5.74) is 0.896. The van der Waals surface area contributed by atoms with Crippen LogP contribution >= 0.6 is 0 Å². The molecule has 0 amide bonds. The van der Waals surface area contributed by atoms with Gasteiger partial charge in [0, 0.05) is 16.7 Å². The van der Waals surface area contributed by atoms with E-state index >= 15 is 0 Å². The Morgan fingerprint density at radius 2 is 1.44 bits per heavy atom. The van der Waals surface area contributed by atoms with E-state index in [1.54, 1.807) is 6.92 Å². The zero-order chi connectivity index (χ0) is 14.7. The molecule has 0 saturated carbocycles. The molecule has 0 aromatic rings. The van der Waals surface area contributed by atoms with Crippen molar-refractivity contribution < 1.29 is 13.3 Å². The van der Waals surface area contributed by atoms with Crippen LogP contribution < -0.4 is 0 Å². The molecule has 0 saturated heterocycles. The molecular formula is C13H28O3Si2. The molecule has 0 fully saturated rings. The highest BCUT2D eigenvalue weighted by atomic mass is 28.4. The molecule has 0 aliphatic heterocycles. The molecule has 5 heteroatoms. The fraction of sp³-hybridized carbons (Fsp3) is 0.769. The lowest BCUT2D eigenvalue weighted by molar-refractivity contribution is -0.132. The summed E-state index contributed by atoms with van der Waals surface area (Å²) < 4.78 is 12.2. The average molecular weight is 289 g/mol. The van der Waals surface area contributed by atoms with Gasteiger partial charge in [-0.15, -0.1) is 0 Å². The van der Waals surface area contributed by atoms with Crippen molar-refractivity contribution in [2.75, 3.05) is 0 Å². The Morgan fingerprint density at radius 3 is 1.67 bits per heavy atom.